The standard InChI is InChI=1S/C23H34FN5O2/c1-6-25-23(26-14-16(2)22-17(3)27-31-18(22)4)29-11-9-28(10-12-29)15-19-7-8-21(30-5)20(24)13-19/h7-8,13,16H,6,9-12,14-15H2,1-5H3,(H,25,26). The molecular weight excluding hydrogens is 397 g/mol. The predicted octanol–water partition coefficient (Wildman–Crippen LogP) is 3.33. The third kappa shape index (κ3) is 5.76. The van der Waals surface area contributed by atoms with Crippen LogP contribution in [0, 0.1) is 19.7 Å². The second-order valence-electron chi connectivity index (χ2n) is 8.07. The molecule has 31 heavy (non-hydrogen) atoms. The molecule has 0 radical (unpaired) electrons. The fraction of sp³-hybridized carbons (Fsp3) is 0.565. The van der Waals surface area contributed by atoms with Gasteiger partial charge in [0.2, 0.25) is 0 Å². The molecule has 1 aliphatic rings. The Balaban J connectivity index is 1.57. The average molecular weight is 432 g/mol. The summed E-state index contributed by atoms with van der Waals surface area (Å²) >= 11 is 0. The van der Waals surface area contributed by atoms with Gasteiger partial charge in [-0.2, -0.15) is 0 Å². The second kappa shape index (κ2) is 10.6. The number of aromatic nitrogens is 1. The highest BCUT2D eigenvalue weighted by atomic mass is 19.1. The predicted molar refractivity (Wildman–Crippen MR) is 120 cm³/mol. The number of aliphatic imine (C=N–C) groups is 1. The number of guanidine groups is 1. The lowest BCUT2D eigenvalue weighted by Crippen LogP contribution is -2.52. The van der Waals surface area contributed by atoms with Crippen LogP contribution in [-0.2, 0) is 6.54 Å². The zero-order chi connectivity index (χ0) is 22.4. The number of rotatable bonds is 7. The van der Waals surface area contributed by atoms with Gasteiger partial charge >= 0.3 is 0 Å². The Kier molecular flexibility index (Phi) is 7.90. The smallest absolute Gasteiger partial charge is 0.194 e. The van der Waals surface area contributed by atoms with E-state index in [4.69, 9.17) is 14.3 Å². The Labute approximate surface area is 184 Å². The number of halogens is 1. The summed E-state index contributed by atoms with van der Waals surface area (Å²) in [5.41, 5.74) is 3.05. The SMILES string of the molecule is CCNC(=NCC(C)c1c(C)noc1C)N1CCN(Cc2ccc(OC)c(F)c2)CC1. The Bertz CT molecular complexity index is 871. The first-order valence-corrected chi connectivity index (χ1v) is 10.9. The van der Waals surface area contributed by atoms with Gasteiger partial charge < -0.3 is 19.5 Å². The van der Waals surface area contributed by atoms with Crippen LogP contribution in [0.25, 0.3) is 0 Å². The van der Waals surface area contributed by atoms with Gasteiger partial charge in [0.25, 0.3) is 0 Å². The first kappa shape index (κ1) is 23.1. The van der Waals surface area contributed by atoms with E-state index in [1.54, 1.807) is 12.1 Å². The molecule has 1 N–H and O–H groups in total. The summed E-state index contributed by atoms with van der Waals surface area (Å²) in [6, 6.07) is 5.18. The summed E-state index contributed by atoms with van der Waals surface area (Å²) in [6.07, 6.45) is 0. The third-order valence-corrected chi connectivity index (χ3v) is 5.73. The third-order valence-electron chi connectivity index (χ3n) is 5.73. The number of hydrogen-bond acceptors (Lipinski definition) is 5. The molecule has 0 spiro atoms. The summed E-state index contributed by atoms with van der Waals surface area (Å²) in [6.45, 7) is 14.0. The second-order valence-corrected chi connectivity index (χ2v) is 8.07. The minimum absolute atomic E-state index is 0.242. The van der Waals surface area contributed by atoms with E-state index in [9.17, 15) is 4.39 Å². The van der Waals surface area contributed by atoms with E-state index in [0.717, 1.165) is 67.8 Å². The van der Waals surface area contributed by atoms with Crippen LogP contribution in [0.1, 0.15) is 42.3 Å². The van der Waals surface area contributed by atoms with E-state index in [1.165, 1.54) is 7.11 Å². The fourth-order valence-corrected chi connectivity index (χ4v) is 4.12. The monoisotopic (exact) mass is 431 g/mol. The normalized spacial score (nSPS) is 16.5. The molecule has 1 aliphatic heterocycles. The van der Waals surface area contributed by atoms with Crippen LogP contribution in [-0.4, -0.2) is 67.3 Å². The molecule has 2 heterocycles. The van der Waals surface area contributed by atoms with Crippen LogP contribution in [0.15, 0.2) is 27.7 Å². The lowest BCUT2D eigenvalue weighted by molar-refractivity contribution is 0.172. The van der Waals surface area contributed by atoms with Crippen LogP contribution < -0.4 is 10.1 Å². The van der Waals surface area contributed by atoms with Gasteiger partial charge in [-0.25, -0.2) is 4.39 Å². The molecule has 8 heteroatoms. The molecule has 1 aromatic carbocycles. The molecule has 1 unspecified atom stereocenters. The molecular formula is C23H34FN5O2. The Hall–Kier alpha value is -2.61. The van der Waals surface area contributed by atoms with Crippen molar-refractivity contribution in [3.8, 4) is 5.75 Å². The maximum absolute atomic E-state index is 14.0. The van der Waals surface area contributed by atoms with Gasteiger partial charge in [0.15, 0.2) is 17.5 Å². The maximum Gasteiger partial charge on any atom is 0.194 e. The lowest BCUT2D eigenvalue weighted by atomic mass is 10.00. The zero-order valence-electron chi connectivity index (χ0n) is 19.2. The molecule has 0 aliphatic carbocycles. The van der Waals surface area contributed by atoms with Crippen molar-refractivity contribution in [2.75, 3.05) is 46.4 Å². The summed E-state index contributed by atoms with van der Waals surface area (Å²) in [7, 11) is 1.48. The Morgan fingerprint density at radius 1 is 1.29 bits per heavy atom. The number of ether oxygens (including phenoxy) is 1. The van der Waals surface area contributed by atoms with Crippen LogP contribution in [0.2, 0.25) is 0 Å². The number of aryl methyl sites for hydroxylation is 2. The topological polar surface area (TPSA) is 66.1 Å². The van der Waals surface area contributed by atoms with E-state index >= 15 is 0 Å². The number of hydrogen-bond donors (Lipinski definition) is 1. The van der Waals surface area contributed by atoms with Gasteiger partial charge in [-0.05, 0) is 38.5 Å². The summed E-state index contributed by atoms with van der Waals surface area (Å²) in [5.74, 6) is 2.02. The Morgan fingerprint density at radius 2 is 2.03 bits per heavy atom. The maximum atomic E-state index is 14.0. The van der Waals surface area contributed by atoms with Crippen LogP contribution in [0.5, 0.6) is 5.75 Å². The first-order chi connectivity index (χ1) is 14.9. The van der Waals surface area contributed by atoms with Crippen molar-refractivity contribution >= 4 is 5.96 Å². The van der Waals surface area contributed by atoms with Crippen molar-refractivity contribution in [2.24, 2.45) is 4.99 Å². The van der Waals surface area contributed by atoms with E-state index < -0.39 is 0 Å². The minimum atomic E-state index is -0.312. The van der Waals surface area contributed by atoms with Gasteiger partial charge in [-0.3, -0.25) is 9.89 Å². The van der Waals surface area contributed by atoms with E-state index in [-0.39, 0.29) is 17.5 Å². The highest BCUT2D eigenvalue weighted by Gasteiger charge is 2.21. The molecule has 3 rings (SSSR count). The number of nitrogens with zero attached hydrogens (tertiary/aromatic N) is 4. The van der Waals surface area contributed by atoms with Crippen LogP contribution in [0.4, 0.5) is 4.39 Å². The largest absolute Gasteiger partial charge is 0.494 e. The van der Waals surface area contributed by atoms with Gasteiger partial charge in [-0.1, -0.05) is 18.1 Å². The fourth-order valence-electron chi connectivity index (χ4n) is 4.12. The zero-order valence-corrected chi connectivity index (χ0v) is 19.2. The van der Waals surface area contributed by atoms with Crippen molar-refractivity contribution in [1.29, 1.82) is 0 Å². The van der Waals surface area contributed by atoms with E-state index in [0.29, 0.717) is 6.54 Å². The van der Waals surface area contributed by atoms with Gasteiger partial charge in [-0.15, -0.1) is 0 Å². The van der Waals surface area contributed by atoms with Crippen molar-refractivity contribution in [1.82, 2.24) is 20.3 Å². The van der Waals surface area contributed by atoms with Crippen LogP contribution in [0.3, 0.4) is 0 Å². The van der Waals surface area contributed by atoms with E-state index in [1.807, 2.05) is 19.9 Å². The molecule has 1 atom stereocenters. The highest BCUT2D eigenvalue weighted by molar-refractivity contribution is 5.80. The molecule has 170 valence electrons. The molecule has 2 aromatic rings. The molecule has 0 saturated carbocycles. The van der Waals surface area contributed by atoms with Gasteiger partial charge in [0.05, 0.1) is 12.8 Å². The Morgan fingerprint density at radius 3 is 2.61 bits per heavy atom. The number of nitrogens with one attached hydrogen (secondary N) is 1. The minimum Gasteiger partial charge on any atom is -0.494 e. The van der Waals surface area contributed by atoms with E-state index in [2.05, 4.69) is 34.1 Å². The quantitative estimate of drug-likeness (QED) is 0.536. The molecule has 7 nitrogen and oxygen atoms in total. The van der Waals surface area contributed by atoms with Crippen molar-refractivity contribution in [2.45, 2.75) is 40.2 Å². The number of benzene rings is 1. The lowest BCUT2D eigenvalue weighted by Gasteiger charge is -2.36. The average Bonchev–Trinajstić information content (AvgIpc) is 3.10. The number of methoxy groups -OCH3 is 1. The molecule has 0 bridgehead atoms. The molecule has 1 aromatic heterocycles. The first-order valence-electron chi connectivity index (χ1n) is 10.9. The van der Waals surface area contributed by atoms with Crippen molar-refractivity contribution in [3.63, 3.8) is 0 Å². The molecule has 1 fully saturated rings. The van der Waals surface area contributed by atoms with Crippen LogP contribution >= 0.6 is 0 Å². The highest BCUT2D eigenvalue weighted by Crippen LogP contribution is 2.23. The number of piperazine rings is 1. The summed E-state index contributed by atoms with van der Waals surface area (Å²) in [5, 5.41) is 7.48. The van der Waals surface area contributed by atoms with Crippen molar-refractivity contribution < 1.29 is 13.7 Å². The summed E-state index contributed by atoms with van der Waals surface area (Å²) in [4.78, 5) is 9.54. The molecule has 0 amide bonds. The van der Waals surface area contributed by atoms with Gasteiger partial charge in [0, 0.05) is 57.3 Å². The van der Waals surface area contributed by atoms with Gasteiger partial charge in [0.1, 0.15) is 5.76 Å². The molecule has 1 saturated heterocycles. The van der Waals surface area contributed by atoms with Crippen molar-refractivity contribution in [3.05, 3.63) is 46.6 Å². The summed E-state index contributed by atoms with van der Waals surface area (Å²) < 4.78 is 24.3.